The minimum absolute atomic E-state index is 0.0532. The number of piperazine rings is 1. The van der Waals surface area contributed by atoms with E-state index in [4.69, 9.17) is 10.8 Å². The number of amides is 2. The molecule has 2 saturated heterocycles. The summed E-state index contributed by atoms with van der Waals surface area (Å²) in [6.45, 7) is 4.79. The standard InChI is InChI=1S/C31H36F4N10O/c1-42-10-12-44(13-11-42)16-20-5-7-21(15-23(20)31(33,34)35)39-30(46)40-25-8-6-19(14-24(25)32)27-26-28(36)37-18-38-29(26)45(41-27)22-4-3-9-43(2)17-22/h5-8,14-15,18,22H,3-4,9-13,16-17H2,1-2H3,(H2,36,37,38)(H2,39,40,46). The van der Waals surface area contributed by atoms with Crippen molar-refractivity contribution in [2.75, 3.05) is 69.7 Å². The normalized spacial score (nSPS) is 18.6. The number of nitrogens with zero attached hydrogens (tertiary/aromatic N) is 7. The second-order valence-electron chi connectivity index (χ2n) is 12.0. The van der Waals surface area contributed by atoms with Gasteiger partial charge >= 0.3 is 12.2 Å². The molecule has 6 rings (SSSR count). The van der Waals surface area contributed by atoms with E-state index in [0.29, 0.717) is 35.4 Å². The maximum atomic E-state index is 15.4. The van der Waals surface area contributed by atoms with Crippen molar-refractivity contribution in [3.05, 3.63) is 59.7 Å². The molecule has 2 aromatic heterocycles. The fourth-order valence-electron chi connectivity index (χ4n) is 6.14. The summed E-state index contributed by atoms with van der Waals surface area (Å²) in [5, 5.41) is 10.1. The molecule has 11 nitrogen and oxygen atoms in total. The van der Waals surface area contributed by atoms with E-state index in [2.05, 4.69) is 30.4 Å². The van der Waals surface area contributed by atoms with Gasteiger partial charge in [0.2, 0.25) is 0 Å². The molecule has 1 atom stereocenters. The number of likely N-dealkylation sites (N-methyl/N-ethyl adjacent to an activating group) is 2. The van der Waals surface area contributed by atoms with Crippen LogP contribution in [-0.4, -0.2) is 93.8 Å². The molecule has 4 N–H and O–H groups in total. The lowest BCUT2D eigenvalue weighted by Gasteiger charge is -2.33. The number of likely N-dealkylation sites (tertiary alicyclic amines) is 1. The molecule has 2 fully saturated rings. The van der Waals surface area contributed by atoms with E-state index >= 15 is 4.39 Å². The Kier molecular flexibility index (Phi) is 8.81. The number of nitrogen functional groups attached to an aromatic ring is 1. The number of nitrogens with two attached hydrogens (primary N) is 1. The molecule has 4 heterocycles. The first-order valence-electron chi connectivity index (χ1n) is 15.1. The molecule has 0 radical (unpaired) electrons. The molecule has 46 heavy (non-hydrogen) atoms. The lowest BCUT2D eigenvalue weighted by molar-refractivity contribution is -0.138. The number of anilines is 3. The number of hydrogen-bond acceptors (Lipinski definition) is 8. The number of rotatable bonds is 6. The first-order valence-corrected chi connectivity index (χ1v) is 15.1. The number of benzene rings is 2. The van der Waals surface area contributed by atoms with E-state index in [1.807, 2.05) is 23.7 Å². The molecule has 244 valence electrons. The molecule has 0 bridgehead atoms. The van der Waals surface area contributed by atoms with Gasteiger partial charge in [-0.1, -0.05) is 12.1 Å². The Balaban J connectivity index is 1.19. The van der Waals surface area contributed by atoms with Crippen LogP contribution in [0, 0.1) is 5.82 Å². The number of carbonyl (C=O) groups excluding carboxylic acids is 1. The Morgan fingerprint density at radius 2 is 1.78 bits per heavy atom. The first-order chi connectivity index (χ1) is 22.0. The highest BCUT2D eigenvalue weighted by Gasteiger charge is 2.34. The van der Waals surface area contributed by atoms with E-state index in [0.717, 1.165) is 45.1 Å². The minimum Gasteiger partial charge on any atom is -0.383 e. The van der Waals surface area contributed by atoms with Gasteiger partial charge in [0.1, 0.15) is 23.7 Å². The van der Waals surface area contributed by atoms with E-state index in [1.54, 1.807) is 6.07 Å². The molecule has 2 aliphatic heterocycles. The van der Waals surface area contributed by atoms with Crippen LogP contribution >= 0.6 is 0 Å². The number of alkyl halides is 3. The van der Waals surface area contributed by atoms with Crippen LogP contribution in [0.25, 0.3) is 22.3 Å². The van der Waals surface area contributed by atoms with Gasteiger partial charge in [0.15, 0.2) is 5.65 Å². The Labute approximate surface area is 263 Å². The Morgan fingerprint density at radius 1 is 1.00 bits per heavy atom. The number of urea groups is 1. The predicted octanol–water partition coefficient (Wildman–Crippen LogP) is 4.89. The molecule has 0 aliphatic carbocycles. The van der Waals surface area contributed by atoms with Crippen molar-refractivity contribution in [3.8, 4) is 11.3 Å². The number of fused-ring (bicyclic) bond motifs is 1. The maximum absolute atomic E-state index is 15.4. The topological polar surface area (TPSA) is 120 Å². The van der Waals surface area contributed by atoms with E-state index < -0.39 is 23.6 Å². The van der Waals surface area contributed by atoms with Crippen molar-refractivity contribution < 1.29 is 22.4 Å². The van der Waals surface area contributed by atoms with Crippen LogP contribution in [0.15, 0.2) is 42.7 Å². The molecular formula is C31H36F4N10O. The van der Waals surface area contributed by atoms with Gasteiger partial charge in [-0.25, -0.2) is 23.8 Å². The number of aromatic nitrogens is 4. The molecule has 2 amide bonds. The SMILES string of the molecule is CN1CCN(Cc2ccc(NC(=O)Nc3ccc(-c4nn(C5CCCN(C)C5)c5ncnc(N)c45)cc3F)cc2C(F)(F)F)CC1. The van der Waals surface area contributed by atoms with Crippen LogP contribution in [0.5, 0.6) is 0 Å². The zero-order chi connectivity index (χ0) is 32.6. The summed E-state index contributed by atoms with van der Waals surface area (Å²) >= 11 is 0. The zero-order valence-electron chi connectivity index (χ0n) is 25.6. The molecule has 0 spiro atoms. The van der Waals surface area contributed by atoms with Crippen molar-refractivity contribution in [1.29, 1.82) is 0 Å². The summed E-state index contributed by atoms with van der Waals surface area (Å²) in [7, 11) is 4.02. The van der Waals surface area contributed by atoms with Crippen LogP contribution in [-0.2, 0) is 12.7 Å². The highest BCUT2D eigenvalue weighted by Crippen LogP contribution is 2.36. The van der Waals surface area contributed by atoms with Crippen molar-refractivity contribution in [3.63, 3.8) is 0 Å². The molecule has 4 aromatic rings. The van der Waals surface area contributed by atoms with Crippen LogP contribution in [0.2, 0.25) is 0 Å². The summed E-state index contributed by atoms with van der Waals surface area (Å²) in [6, 6.07) is 7.02. The second kappa shape index (κ2) is 12.8. The number of hydrogen-bond donors (Lipinski definition) is 3. The summed E-state index contributed by atoms with van der Waals surface area (Å²) in [5.74, 6) is -0.549. The van der Waals surface area contributed by atoms with E-state index in [9.17, 15) is 18.0 Å². The van der Waals surface area contributed by atoms with Crippen molar-refractivity contribution in [1.82, 2.24) is 34.4 Å². The molecule has 2 aromatic carbocycles. The molecular weight excluding hydrogens is 604 g/mol. The van der Waals surface area contributed by atoms with Crippen molar-refractivity contribution >= 4 is 34.3 Å². The van der Waals surface area contributed by atoms with Gasteiger partial charge in [-0.05, 0) is 63.3 Å². The largest absolute Gasteiger partial charge is 0.416 e. The highest BCUT2D eigenvalue weighted by molar-refractivity contribution is 6.01. The highest BCUT2D eigenvalue weighted by atomic mass is 19.4. The number of piperidine rings is 1. The van der Waals surface area contributed by atoms with E-state index in [-0.39, 0.29) is 35.3 Å². The Bertz CT molecular complexity index is 1730. The Morgan fingerprint density at radius 3 is 2.50 bits per heavy atom. The third-order valence-corrected chi connectivity index (χ3v) is 8.62. The zero-order valence-corrected chi connectivity index (χ0v) is 25.6. The smallest absolute Gasteiger partial charge is 0.383 e. The number of nitrogens with one attached hydrogen (secondary N) is 2. The molecule has 0 saturated carbocycles. The Hall–Kier alpha value is -4.34. The third-order valence-electron chi connectivity index (χ3n) is 8.62. The fraction of sp³-hybridized carbons (Fsp3) is 0.419. The number of carbonyl (C=O) groups is 1. The van der Waals surface area contributed by atoms with Crippen LogP contribution in [0.1, 0.15) is 30.0 Å². The van der Waals surface area contributed by atoms with Crippen molar-refractivity contribution in [2.45, 2.75) is 31.6 Å². The van der Waals surface area contributed by atoms with Gasteiger partial charge in [0.05, 0.1) is 22.7 Å². The minimum atomic E-state index is -4.61. The number of halogens is 4. The van der Waals surface area contributed by atoms with Gasteiger partial charge in [-0.15, -0.1) is 0 Å². The van der Waals surface area contributed by atoms with Gasteiger partial charge in [-0.2, -0.15) is 18.3 Å². The quantitative estimate of drug-likeness (QED) is 0.255. The average molecular weight is 641 g/mol. The fourth-order valence-corrected chi connectivity index (χ4v) is 6.14. The van der Waals surface area contributed by atoms with Crippen LogP contribution in [0.3, 0.4) is 0 Å². The second-order valence-corrected chi connectivity index (χ2v) is 12.0. The van der Waals surface area contributed by atoms with Gasteiger partial charge in [0.25, 0.3) is 0 Å². The molecule has 1 unspecified atom stereocenters. The lowest BCUT2D eigenvalue weighted by atomic mass is 10.0. The lowest BCUT2D eigenvalue weighted by Crippen LogP contribution is -2.44. The molecule has 2 aliphatic rings. The summed E-state index contributed by atoms with van der Waals surface area (Å²) in [5.41, 5.74) is 6.67. The van der Waals surface area contributed by atoms with Gasteiger partial charge in [-0.3, -0.25) is 4.90 Å². The van der Waals surface area contributed by atoms with Gasteiger partial charge in [0, 0.05) is 50.5 Å². The first kappa shape index (κ1) is 31.6. The van der Waals surface area contributed by atoms with Crippen molar-refractivity contribution in [2.24, 2.45) is 0 Å². The van der Waals surface area contributed by atoms with Gasteiger partial charge < -0.3 is 26.2 Å². The summed E-state index contributed by atoms with van der Waals surface area (Å²) in [4.78, 5) is 27.6. The van der Waals surface area contributed by atoms with Crippen LogP contribution < -0.4 is 16.4 Å². The molecule has 15 heteroatoms. The monoisotopic (exact) mass is 640 g/mol. The van der Waals surface area contributed by atoms with Crippen LogP contribution in [0.4, 0.5) is 39.5 Å². The van der Waals surface area contributed by atoms with E-state index in [1.165, 1.54) is 30.6 Å². The predicted molar refractivity (Wildman–Crippen MR) is 168 cm³/mol. The third kappa shape index (κ3) is 6.76. The summed E-state index contributed by atoms with van der Waals surface area (Å²) < 4.78 is 59.1. The summed E-state index contributed by atoms with van der Waals surface area (Å²) in [6.07, 6.45) is -1.35. The maximum Gasteiger partial charge on any atom is 0.416 e. The average Bonchev–Trinajstić information content (AvgIpc) is 3.41.